The molecule has 0 atom stereocenters. The van der Waals surface area contributed by atoms with Crippen molar-refractivity contribution in [2.24, 2.45) is 0 Å². The molecule has 0 unspecified atom stereocenters. The number of nitrogens with one attached hydrogen (secondary N) is 1. The number of methoxy groups -OCH3 is 1. The van der Waals surface area contributed by atoms with Crippen molar-refractivity contribution < 1.29 is 4.74 Å². The van der Waals surface area contributed by atoms with Crippen LogP contribution >= 0.6 is 0 Å². The number of hydrogen-bond donors (Lipinski definition) is 1. The lowest BCUT2D eigenvalue weighted by molar-refractivity contribution is 0.350. The molecule has 1 aromatic rings. The lowest BCUT2D eigenvalue weighted by Crippen LogP contribution is -2.57. The van der Waals surface area contributed by atoms with Crippen molar-refractivity contribution in [2.45, 2.75) is 19.4 Å². The molecular formula is C11H18N4O. The Kier molecular flexibility index (Phi) is 2.96. The number of anilines is 1. The average molecular weight is 222 g/mol. The molecule has 0 spiro atoms. The van der Waals surface area contributed by atoms with E-state index in [-0.39, 0.29) is 5.54 Å². The molecular weight excluding hydrogens is 204 g/mol. The van der Waals surface area contributed by atoms with Crippen molar-refractivity contribution in [3.05, 3.63) is 12.4 Å². The predicted molar refractivity (Wildman–Crippen MR) is 62.9 cm³/mol. The second-order valence-corrected chi connectivity index (χ2v) is 4.65. The van der Waals surface area contributed by atoms with Gasteiger partial charge in [0.25, 0.3) is 0 Å². The normalized spacial score (nSPS) is 19.6. The molecule has 1 aromatic heterocycles. The van der Waals surface area contributed by atoms with Crippen LogP contribution in [0.2, 0.25) is 0 Å². The molecule has 1 aliphatic rings. The number of piperazine rings is 1. The van der Waals surface area contributed by atoms with Crippen LogP contribution in [-0.4, -0.2) is 42.3 Å². The summed E-state index contributed by atoms with van der Waals surface area (Å²) in [5, 5.41) is 3.47. The molecule has 2 heterocycles. The standard InChI is InChI=1S/C11H18N4O/c1-11(2)7-15(5-4-14-11)9-6-10(16-3)13-8-12-9/h6,8,14H,4-5,7H2,1-3H3. The third-order valence-electron chi connectivity index (χ3n) is 2.73. The summed E-state index contributed by atoms with van der Waals surface area (Å²) in [4.78, 5) is 10.5. The first-order valence-corrected chi connectivity index (χ1v) is 5.47. The van der Waals surface area contributed by atoms with Crippen molar-refractivity contribution in [1.29, 1.82) is 0 Å². The second-order valence-electron chi connectivity index (χ2n) is 4.65. The Morgan fingerprint density at radius 1 is 1.44 bits per heavy atom. The maximum atomic E-state index is 5.10. The minimum Gasteiger partial charge on any atom is -0.481 e. The highest BCUT2D eigenvalue weighted by molar-refractivity contribution is 5.42. The minimum atomic E-state index is 0.121. The SMILES string of the molecule is COc1cc(N2CCNC(C)(C)C2)ncn1. The third kappa shape index (κ3) is 2.41. The van der Waals surface area contributed by atoms with E-state index in [2.05, 4.69) is 34.0 Å². The van der Waals surface area contributed by atoms with Crippen molar-refractivity contribution in [2.75, 3.05) is 31.6 Å². The average Bonchev–Trinajstić information content (AvgIpc) is 2.28. The van der Waals surface area contributed by atoms with Gasteiger partial charge in [0.05, 0.1) is 7.11 Å². The molecule has 5 nitrogen and oxygen atoms in total. The summed E-state index contributed by atoms with van der Waals surface area (Å²) in [5.41, 5.74) is 0.121. The van der Waals surface area contributed by atoms with Crippen LogP contribution in [0.25, 0.3) is 0 Å². The molecule has 1 N–H and O–H groups in total. The second kappa shape index (κ2) is 4.25. The molecule has 88 valence electrons. The number of nitrogens with zero attached hydrogens (tertiary/aromatic N) is 3. The molecule has 1 saturated heterocycles. The van der Waals surface area contributed by atoms with Gasteiger partial charge in [0.1, 0.15) is 12.1 Å². The Labute approximate surface area is 95.8 Å². The van der Waals surface area contributed by atoms with Crippen molar-refractivity contribution in [3.8, 4) is 5.88 Å². The Balaban J connectivity index is 2.16. The van der Waals surface area contributed by atoms with Crippen LogP contribution < -0.4 is 15.0 Å². The van der Waals surface area contributed by atoms with Crippen LogP contribution in [0.1, 0.15) is 13.8 Å². The van der Waals surface area contributed by atoms with Crippen LogP contribution in [-0.2, 0) is 0 Å². The Bertz CT molecular complexity index is 367. The largest absolute Gasteiger partial charge is 0.481 e. The summed E-state index contributed by atoms with van der Waals surface area (Å²) in [6, 6.07) is 1.88. The zero-order chi connectivity index (χ0) is 11.6. The zero-order valence-electron chi connectivity index (χ0n) is 10.0. The fourth-order valence-corrected chi connectivity index (χ4v) is 1.95. The fraction of sp³-hybridized carbons (Fsp3) is 0.636. The first-order valence-electron chi connectivity index (χ1n) is 5.47. The van der Waals surface area contributed by atoms with Crippen LogP contribution in [0.3, 0.4) is 0 Å². The summed E-state index contributed by atoms with van der Waals surface area (Å²) in [7, 11) is 1.62. The lowest BCUT2D eigenvalue weighted by Gasteiger charge is -2.39. The van der Waals surface area contributed by atoms with Gasteiger partial charge in [0.2, 0.25) is 5.88 Å². The minimum absolute atomic E-state index is 0.121. The quantitative estimate of drug-likeness (QED) is 0.797. The summed E-state index contributed by atoms with van der Waals surface area (Å²) in [5.74, 6) is 1.54. The van der Waals surface area contributed by atoms with Crippen LogP contribution in [0.4, 0.5) is 5.82 Å². The molecule has 0 bridgehead atoms. The zero-order valence-corrected chi connectivity index (χ0v) is 10.0. The first-order chi connectivity index (χ1) is 7.61. The maximum Gasteiger partial charge on any atom is 0.218 e. The maximum absolute atomic E-state index is 5.10. The van der Waals surface area contributed by atoms with Gasteiger partial charge in [0.15, 0.2) is 0 Å². The van der Waals surface area contributed by atoms with Crippen LogP contribution in [0.15, 0.2) is 12.4 Å². The molecule has 0 amide bonds. The fourth-order valence-electron chi connectivity index (χ4n) is 1.95. The summed E-state index contributed by atoms with van der Waals surface area (Å²) in [6.07, 6.45) is 1.54. The van der Waals surface area contributed by atoms with E-state index >= 15 is 0 Å². The van der Waals surface area contributed by atoms with Crippen LogP contribution in [0, 0.1) is 0 Å². The highest BCUT2D eigenvalue weighted by Crippen LogP contribution is 2.19. The van der Waals surface area contributed by atoms with Crippen LogP contribution in [0.5, 0.6) is 5.88 Å². The predicted octanol–water partition coefficient (Wildman–Crippen LogP) is 0.673. The van der Waals surface area contributed by atoms with E-state index in [0.29, 0.717) is 5.88 Å². The van der Waals surface area contributed by atoms with E-state index in [1.807, 2.05) is 6.07 Å². The molecule has 16 heavy (non-hydrogen) atoms. The van der Waals surface area contributed by atoms with E-state index in [9.17, 15) is 0 Å². The smallest absolute Gasteiger partial charge is 0.218 e. The van der Waals surface area contributed by atoms with Crippen molar-refractivity contribution in [3.63, 3.8) is 0 Å². The molecule has 2 rings (SSSR count). The first kappa shape index (κ1) is 11.1. The van der Waals surface area contributed by atoms with E-state index in [1.165, 1.54) is 0 Å². The van der Waals surface area contributed by atoms with E-state index in [0.717, 1.165) is 25.5 Å². The highest BCUT2D eigenvalue weighted by Gasteiger charge is 2.26. The number of hydrogen-bond acceptors (Lipinski definition) is 5. The van der Waals surface area contributed by atoms with Gasteiger partial charge in [-0.25, -0.2) is 9.97 Å². The van der Waals surface area contributed by atoms with Gasteiger partial charge in [-0.15, -0.1) is 0 Å². The monoisotopic (exact) mass is 222 g/mol. The van der Waals surface area contributed by atoms with Gasteiger partial charge in [-0.1, -0.05) is 0 Å². The summed E-state index contributed by atoms with van der Waals surface area (Å²) < 4.78 is 5.10. The third-order valence-corrected chi connectivity index (χ3v) is 2.73. The van der Waals surface area contributed by atoms with E-state index in [4.69, 9.17) is 4.74 Å². The molecule has 0 aliphatic carbocycles. The molecule has 0 aromatic carbocycles. The molecule has 0 radical (unpaired) electrons. The van der Waals surface area contributed by atoms with Gasteiger partial charge in [-0.05, 0) is 13.8 Å². The van der Waals surface area contributed by atoms with Gasteiger partial charge in [0, 0.05) is 31.2 Å². The van der Waals surface area contributed by atoms with Gasteiger partial charge < -0.3 is 15.0 Å². The number of aromatic nitrogens is 2. The molecule has 5 heteroatoms. The molecule has 1 fully saturated rings. The van der Waals surface area contributed by atoms with Gasteiger partial charge >= 0.3 is 0 Å². The van der Waals surface area contributed by atoms with E-state index in [1.54, 1.807) is 13.4 Å². The van der Waals surface area contributed by atoms with Crippen molar-refractivity contribution in [1.82, 2.24) is 15.3 Å². The Morgan fingerprint density at radius 2 is 2.25 bits per heavy atom. The Hall–Kier alpha value is -1.36. The molecule has 0 saturated carbocycles. The van der Waals surface area contributed by atoms with Crippen molar-refractivity contribution >= 4 is 5.82 Å². The Morgan fingerprint density at radius 3 is 2.94 bits per heavy atom. The van der Waals surface area contributed by atoms with E-state index < -0.39 is 0 Å². The highest BCUT2D eigenvalue weighted by atomic mass is 16.5. The summed E-state index contributed by atoms with van der Waals surface area (Å²) in [6.45, 7) is 7.26. The topological polar surface area (TPSA) is 50.3 Å². The number of ether oxygens (including phenoxy) is 1. The van der Waals surface area contributed by atoms with Gasteiger partial charge in [-0.2, -0.15) is 0 Å². The van der Waals surface area contributed by atoms with Gasteiger partial charge in [-0.3, -0.25) is 0 Å². The number of rotatable bonds is 2. The lowest BCUT2D eigenvalue weighted by atomic mass is 10.0. The molecule has 1 aliphatic heterocycles. The summed E-state index contributed by atoms with van der Waals surface area (Å²) >= 11 is 0.